The highest BCUT2D eigenvalue weighted by Gasteiger charge is 2.45. The van der Waals surface area contributed by atoms with E-state index < -0.39 is 20.2 Å². The van der Waals surface area contributed by atoms with Gasteiger partial charge in [0.05, 0.1) is 16.9 Å². The zero-order chi connectivity index (χ0) is 38.7. The second-order valence-electron chi connectivity index (χ2n) is 14.8. The van der Waals surface area contributed by atoms with Crippen molar-refractivity contribution in [2.75, 3.05) is 36.0 Å². The summed E-state index contributed by atoms with van der Waals surface area (Å²) in [5.41, 5.74) is 8.42. The van der Waals surface area contributed by atoms with Crippen LogP contribution in [0, 0.1) is 0 Å². The molecule has 11 heteroatoms. The molecule has 6 rings (SSSR count). The van der Waals surface area contributed by atoms with E-state index in [-0.39, 0.29) is 22.3 Å². The summed E-state index contributed by atoms with van der Waals surface area (Å²) >= 11 is 0. The third kappa shape index (κ3) is 8.16. The van der Waals surface area contributed by atoms with Gasteiger partial charge in [-0.2, -0.15) is 31.2 Å². The normalized spacial score (nSPS) is 17.7. The molecule has 0 unspecified atom stereocenters. The van der Waals surface area contributed by atoms with Crippen molar-refractivity contribution in [3.05, 3.63) is 132 Å². The van der Waals surface area contributed by atoms with Gasteiger partial charge in [0.1, 0.15) is 6.54 Å². The molecule has 0 fully saturated rings. The van der Waals surface area contributed by atoms with E-state index in [0.29, 0.717) is 32.5 Å². The summed E-state index contributed by atoms with van der Waals surface area (Å²) in [4.78, 5) is 2.23. The van der Waals surface area contributed by atoms with E-state index >= 15 is 0 Å². The first-order valence-corrected chi connectivity index (χ1v) is 21.6. The average Bonchev–Trinajstić information content (AvgIpc) is 3.48. The van der Waals surface area contributed by atoms with E-state index in [4.69, 9.17) is 4.28 Å². The van der Waals surface area contributed by atoms with Gasteiger partial charge in [0.25, 0.3) is 20.2 Å². The topological polar surface area (TPSA) is 116 Å². The fraction of sp³-hybridized carbons (Fsp3) is 0.326. The van der Waals surface area contributed by atoms with Gasteiger partial charge in [-0.1, -0.05) is 106 Å². The molecule has 9 nitrogen and oxygen atoms in total. The predicted octanol–water partition coefficient (Wildman–Crippen LogP) is 8.26. The molecule has 0 atom stereocenters. The number of nitrogens with one attached hydrogen (secondary N) is 1. The number of allylic oxidation sites excluding steroid dienone is 8. The van der Waals surface area contributed by atoms with E-state index in [1.54, 1.807) is 6.92 Å². The zero-order valence-electron chi connectivity index (χ0n) is 31.6. The maximum atomic E-state index is 12.4. The van der Waals surface area contributed by atoms with Gasteiger partial charge in [0.2, 0.25) is 5.69 Å². The van der Waals surface area contributed by atoms with Gasteiger partial charge < -0.3 is 4.90 Å². The van der Waals surface area contributed by atoms with Crippen molar-refractivity contribution in [2.45, 2.75) is 58.3 Å². The molecule has 4 aromatic rings. The standard InChI is InChI=1S/C43H49N3O6S2/c1-6-44-52-54(50,51)31-17-29-46-37-27-25-33-19-13-15-21-35(33)41(37)43(4,5)39(46)23-11-9-7-8-10-22-38-42(2,3)40-34-20-14-12-18-32(34)24-26-36(40)45(38)28-16-30-53(47,48)49/h7-15,18-27,44H,6,16-17,28-31H2,1-5H3/p+1. The molecule has 0 spiro atoms. The van der Waals surface area contributed by atoms with Crippen LogP contribution in [0.4, 0.5) is 11.4 Å². The highest BCUT2D eigenvalue weighted by molar-refractivity contribution is 7.86. The van der Waals surface area contributed by atoms with Crippen LogP contribution in [0.3, 0.4) is 0 Å². The summed E-state index contributed by atoms with van der Waals surface area (Å²) < 4.78 is 64.5. The number of fused-ring (bicyclic) bond motifs is 6. The van der Waals surface area contributed by atoms with Crippen LogP contribution in [0.2, 0.25) is 0 Å². The Morgan fingerprint density at radius 2 is 1.39 bits per heavy atom. The van der Waals surface area contributed by atoms with Crippen molar-refractivity contribution in [3.8, 4) is 0 Å². The predicted molar refractivity (Wildman–Crippen MR) is 221 cm³/mol. The Hall–Kier alpha value is -4.39. The third-order valence-electron chi connectivity index (χ3n) is 10.4. The summed E-state index contributed by atoms with van der Waals surface area (Å²) in [6.45, 7) is 11.9. The molecule has 0 amide bonds. The minimum absolute atomic E-state index is 0.104. The van der Waals surface area contributed by atoms with Gasteiger partial charge in [-0.25, -0.2) is 0 Å². The SMILES string of the molecule is CCNOS(=O)(=O)CCCN1C(=CC=CC=CC=CC2=[N+](CCCS(=O)(=O)O)c3ccc4ccccc4c3C2(C)C)C(C)(C)c2c1ccc1ccccc21. The van der Waals surface area contributed by atoms with Crippen LogP contribution in [0.25, 0.3) is 21.5 Å². The van der Waals surface area contributed by atoms with Gasteiger partial charge in [0.15, 0.2) is 5.71 Å². The largest absolute Gasteiger partial charge is 0.344 e. The Morgan fingerprint density at radius 3 is 2.07 bits per heavy atom. The van der Waals surface area contributed by atoms with Crippen molar-refractivity contribution >= 4 is 58.9 Å². The van der Waals surface area contributed by atoms with Crippen molar-refractivity contribution in [1.29, 1.82) is 0 Å². The van der Waals surface area contributed by atoms with Crippen LogP contribution >= 0.6 is 0 Å². The molecule has 0 saturated heterocycles. The number of benzene rings is 4. The Balaban J connectivity index is 1.26. The molecule has 2 N–H and O–H groups in total. The number of anilines is 1. The van der Waals surface area contributed by atoms with Gasteiger partial charge in [0, 0.05) is 54.0 Å². The van der Waals surface area contributed by atoms with E-state index in [1.807, 2.05) is 48.6 Å². The highest BCUT2D eigenvalue weighted by atomic mass is 32.2. The van der Waals surface area contributed by atoms with Crippen molar-refractivity contribution in [3.63, 3.8) is 0 Å². The molecule has 0 saturated carbocycles. The fourth-order valence-corrected chi connectivity index (χ4v) is 9.39. The lowest BCUT2D eigenvalue weighted by Gasteiger charge is -2.27. The Kier molecular flexibility index (Phi) is 11.5. The molecule has 0 aromatic heterocycles. The molecule has 4 aromatic carbocycles. The summed E-state index contributed by atoms with van der Waals surface area (Å²) in [6.07, 6.45) is 14.8. The molecule has 2 aliphatic rings. The van der Waals surface area contributed by atoms with Gasteiger partial charge in [-0.3, -0.25) is 4.55 Å². The summed E-state index contributed by atoms with van der Waals surface area (Å²) in [5.74, 6) is -0.406. The van der Waals surface area contributed by atoms with Crippen molar-refractivity contribution in [1.82, 2.24) is 5.48 Å². The fourth-order valence-electron chi connectivity index (χ4n) is 8.03. The first-order chi connectivity index (χ1) is 25.7. The first kappa shape index (κ1) is 39.3. The molecular weight excluding hydrogens is 719 g/mol. The molecule has 284 valence electrons. The second kappa shape index (κ2) is 15.8. The molecule has 2 aliphatic heterocycles. The van der Waals surface area contributed by atoms with Crippen LogP contribution in [0.15, 0.2) is 121 Å². The minimum atomic E-state index is -4.07. The Bertz CT molecular complexity index is 2440. The van der Waals surface area contributed by atoms with Gasteiger partial charge in [-0.15, -0.1) is 0 Å². The van der Waals surface area contributed by atoms with Crippen LogP contribution in [-0.4, -0.2) is 62.8 Å². The molecular formula is C43H50N3O6S2+. The van der Waals surface area contributed by atoms with Crippen molar-refractivity contribution in [2.24, 2.45) is 0 Å². The zero-order valence-corrected chi connectivity index (χ0v) is 33.3. The quantitative estimate of drug-likeness (QED) is 0.0538. The lowest BCUT2D eigenvalue weighted by Crippen LogP contribution is -2.29. The molecule has 0 aliphatic carbocycles. The minimum Gasteiger partial charge on any atom is -0.344 e. The molecule has 0 radical (unpaired) electrons. The number of nitrogens with zero attached hydrogens (tertiary/aromatic N) is 2. The maximum Gasteiger partial charge on any atom is 0.283 e. The van der Waals surface area contributed by atoms with E-state index in [0.717, 1.165) is 38.9 Å². The molecule has 0 bridgehead atoms. The Labute approximate surface area is 319 Å². The van der Waals surface area contributed by atoms with Crippen molar-refractivity contribution < 1.29 is 30.2 Å². The second-order valence-corrected chi connectivity index (χ2v) is 18.1. The lowest BCUT2D eigenvalue weighted by molar-refractivity contribution is -0.437. The van der Waals surface area contributed by atoms with Crippen LogP contribution in [0.5, 0.6) is 0 Å². The molecule has 54 heavy (non-hydrogen) atoms. The number of rotatable bonds is 15. The van der Waals surface area contributed by atoms with Gasteiger partial charge >= 0.3 is 0 Å². The van der Waals surface area contributed by atoms with E-state index in [1.165, 1.54) is 16.5 Å². The highest BCUT2D eigenvalue weighted by Crippen LogP contribution is 2.51. The van der Waals surface area contributed by atoms with Crippen LogP contribution < -0.4 is 10.4 Å². The summed E-state index contributed by atoms with van der Waals surface area (Å²) in [7, 11) is -7.77. The lowest BCUT2D eigenvalue weighted by atomic mass is 9.79. The van der Waals surface area contributed by atoms with Crippen LogP contribution in [-0.2, 0) is 35.4 Å². The monoisotopic (exact) mass is 768 g/mol. The number of hydrogen-bond donors (Lipinski definition) is 2. The first-order valence-electron chi connectivity index (χ1n) is 18.4. The van der Waals surface area contributed by atoms with Crippen LogP contribution in [0.1, 0.15) is 58.6 Å². The summed E-state index contributed by atoms with van der Waals surface area (Å²) in [6, 6.07) is 25.1. The molecule has 2 heterocycles. The Morgan fingerprint density at radius 1 is 0.759 bits per heavy atom. The average molecular weight is 769 g/mol. The maximum absolute atomic E-state index is 12.4. The summed E-state index contributed by atoms with van der Waals surface area (Å²) in [5, 5.41) is 4.65. The van der Waals surface area contributed by atoms with E-state index in [2.05, 4.69) is 109 Å². The van der Waals surface area contributed by atoms with Gasteiger partial charge in [-0.05, 0) is 65.6 Å². The smallest absolute Gasteiger partial charge is 0.283 e. The number of hydroxylamine groups is 1. The van der Waals surface area contributed by atoms with E-state index in [9.17, 15) is 21.4 Å². The third-order valence-corrected chi connectivity index (χ3v) is 12.3. The number of hydrogen-bond acceptors (Lipinski definition) is 7.